The number of nitrogens with one attached hydrogen (secondary N) is 2. The molecule has 0 unspecified atom stereocenters. The first-order valence-corrected chi connectivity index (χ1v) is 14.3. The van der Waals surface area contributed by atoms with E-state index in [1.54, 1.807) is 6.20 Å². The second kappa shape index (κ2) is 12.1. The fourth-order valence-electron chi connectivity index (χ4n) is 6.23. The van der Waals surface area contributed by atoms with Crippen LogP contribution >= 0.6 is 0 Å². The van der Waals surface area contributed by atoms with Crippen LogP contribution in [0.4, 0.5) is 17.2 Å². The van der Waals surface area contributed by atoms with Crippen LogP contribution in [0, 0.1) is 11.3 Å². The van der Waals surface area contributed by atoms with E-state index in [-0.39, 0.29) is 23.6 Å². The molecule has 2 aromatic rings. The number of anilines is 3. The summed E-state index contributed by atoms with van der Waals surface area (Å²) in [7, 11) is 1.38. The minimum Gasteiger partial charge on any atom is -0.467 e. The Bertz CT molecular complexity index is 1230. The van der Waals surface area contributed by atoms with Gasteiger partial charge in [-0.1, -0.05) is 50.7 Å². The first-order valence-electron chi connectivity index (χ1n) is 14.3. The van der Waals surface area contributed by atoms with Crippen LogP contribution in [-0.4, -0.2) is 41.5 Å². The van der Waals surface area contributed by atoms with Crippen molar-refractivity contribution in [2.45, 2.75) is 83.1 Å². The maximum absolute atomic E-state index is 12.8. The summed E-state index contributed by atoms with van der Waals surface area (Å²) in [5.74, 6) is 0.578. The first kappa shape index (κ1) is 27.0. The number of amides is 1. The summed E-state index contributed by atoms with van der Waals surface area (Å²) in [5.41, 5.74) is 2.85. The number of rotatable bonds is 8. The summed E-state index contributed by atoms with van der Waals surface area (Å²) >= 11 is 0. The zero-order valence-corrected chi connectivity index (χ0v) is 22.7. The molecule has 5 rings (SSSR count). The molecule has 1 amide bonds. The summed E-state index contributed by atoms with van der Waals surface area (Å²) in [5, 5.41) is 6.37. The Kier molecular flexibility index (Phi) is 8.38. The van der Waals surface area contributed by atoms with E-state index in [1.807, 2.05) is 36.4 Å². The third-order valence-electron chi connectivity index (χ3n) is 8.59. The fraction of sp³-hybridized carbons (Fsp3) is 0.516. The number of hydrogen-bond donors (Lipinski definition) is 2. The second-order valence-corrected chi connectivity index (χ2v) is 11.1. The molecule has 3 aliphatic rings. The molecular formula is C31H38N4O4. The van der Waals surface area contributed by atoms with Crippen molar-refractivity contribution >= 4 is 40.6 Å². The van der Waals surface area contributed by atoms with Crippen molar-refractivity contribution in [1.29, 1.82) is 0 Å². The Labute approximate surface area is 230 Å². The van der Waals surface area contributed by atoms with Gasteiger partial charge in [-0.25, -0.2) is 9.78 Å². The number of nitrogens with zero attached hydrogens (tertiary/aromatic N) is 2. The predicted molar refractivity (Wildman–Crippen MR) is 151 cm³/mol. The van der Waals surface area contributed by atoms with Crippen LogP contribution in [0.1, 0.15) is 76.2 Å². The number of Topliss-reactive ketones (excluding diaryl/α,β-unsaturated/α-hetero) is 1. The second-order valence-electron chi connectivity index (χ2n) is 11.1. The molecule has 2 N–H and O–H groups in total. The standard InChI is InChI=1S/C31H38N4O4/c1-39-30(38)25(34-26-20-27(36)31(26)16-6-3-7-17-31)19-21-12-14-23(15-13-21)33-28-24(11-8-18-32-28)35-29(37)22-9-4-2-5-10-22/h8,11-15,18,22,25H,2-7,9-10,16-17,19-20H2,1H3,(H,32,33)(H,35,37)/t25-/m0/s1. The number of ether oxygens (including phenoxy) is 1. The number of ketones is 1. The normalized spacial score (nSPS) is 20.7. The van der Waals surface area contributed by atoms with Gasteiger partial charge in [0.2, 0.25) is 5.91 Å². The van der Waals surface area contributed by atoms with E-state index < -0.39 is 11.5 Å². The van der Waals surface area contributed by atoms with Crippen LogP contribution in [0.5, 0.6) is 0 Å². The van der Waals surface area contributed by atoms with E-state index in [2.05, 4.69) is 15.6 Å². The number of benzene rings is 1. The molecule has 0 saturated heterocycles. The molecular weight excluding hydrogens is 492 g/mol. The lowest BCUT2D eigenvalue weighted by Crippen LogP contribution is -2.52. The van der Waals surface area contributed by atoms with E-state index in [0.29, 0.717) is 24.3 Å². The zero-order valence-electron chi connectivity index (χ0n) is 22.7. The lowest BCUT2D eigenvalue weighted by Gasteiger charge is -2.44. The third kappa shape index (κ3) is 6.05. The van der Waals surface area contributed by atoms with Gasteiger partial charge in [0, 0.05) is 36.4 Å². The van der Waals surface area contributed by atoms with Crippen LogP contribution in [0.15, 0.2) is 47.6 Å². The van der Waals surface area contributed by atoms with Crippen LogP contribution in [0.2, 0.25) is 0 Å². The summed E-state index contributed by atoms with van der Waals surface area (Å²) in [4.78, 5) is 47.2. The van der Waals surface area contributed by atoms with E-state index in [9.17, 15) is 14.4 Å². The van der Waals surface area contributed by atoms with Crippen LogP contribution in [0.3, 0.4) is 0 Å². The van der Waals surface area contributed by atoms with Gasteiger partial charge in [0.05, 0.1) is 18.2 Å². The molecule has 1 aromatic heterocycles. The Morgan fingerprint density at radius 3 is 2.46 bits per heavy atom. The number of hydrogen-bond acceptors (Lipinski definition) is 7. The van der Waals surface area contributed by atoms with Crippen LogP contribution < -0.4 is 10.6 Å². The van der Waals surface area contributed by atoms with Gasteiger partial charge in [0.15, 0.2) is 11.9 Å². The number of carbonyl (C=O) groups excluding carboxylic acids is 3. The van der Waals surface area contributed by atoms with Crippen molar-refractivity contribution in [3.05, 3.63) is 48.2 Å². The largest absolute Gasteiger partial charge is 0.467 e. The summed E-state index contributed by atoms with van der Waals surface area (Å²) in [6, 6.07) is 10.7. The highest BCUT2D eigenvalue weighted by atomic mass is 16.5. The average molecular weight is 531 g/mol. The fourth-order valence-corrected chi connectivity index (χ4v) is 6.23. The van der Waals surface area contributed by atoms with Gasteiger partial charge in [0.1, 0.15) is 5.78 Å². The maximum atomic E-state index is 12.8. The number of carbonyl (C=O) groups is 3. The smallest absolute Gasteiger partial charge is 0.330 e. The average Bonchev–Trinajstić information content (AvgIpc) is 2.98. The number of aromatic nitrogens is 1. The molecule has 8 nitrogen and oxygen atoms in total. The summed E-state index contributed by atoms with van der Waals surface area (Å²) in [6.07, 6.45) is 12.6. The first-order chi connectivity index (χ1) is 19.0. The van der Waals surface area contributed by atoms with Crippen molar-refractivity contribution < 1.29 is 19.1 Å². The van der Waals surface area contributed by atoms with E-state index >= 15 is 0 Å². The van der Waals surface area contributed by atoms with Crippen LogP contribution in [-0.2, 0) is 25.5 Å². The molecule has 0 aliphatic heterocycles. The number of pyridine rings is 1. The lowest BCUT2D eigenvalue weighted by molar-refractivity contribution is -0.142. The van der Waals surface area contributed by atoms with Crippen molar-refractivity contribution in [3.63, 3.8) is 0 Å². The van der Waals surface area contributed by atoms with Gasteiger partial charge in [-0.2, -0.15) is 0 Å². The molecule has 206 valence electrons. The molecule has 0 bridgehead atoms. The molecule has 1 heterocycles. The highest BCUT2D eigenvalue weighted by Gasteiger charge is 2.52. The van der Waals surface area contributed by atoms with Gasteiger partial charge >= 0.3 is 5.97 Å². The van der Waals surface area contributed by atoms with Gasteiger partial charge in [0.25, 0.3) is 0 Å². The van der Waals surface area contributed by atoms with Crippen LogP contribution in [0.25, 0.3) is 0 Å². The maximum Gasteiger partial charge on any atom is 0.330 e. The van der Waals surface area contributed by atoms with Gasteiger partial charge in [-0.05, 0) is 55.5 Å². The Morgan fingerprint density at radius 2 is 1.77 bits per heavy atom. The summed E-state index contributed by atoms with van der Waals surface area (Å²) in [6.45, 7) is 0. The van der Waals surface area contributed by atoms with E-state index in [1.165, 1.54) is 13.5 Å². The number of aliphatic imine (C=N–C) groups is 1. The SMILES string of the molecule is COC(=O)[C@H](Cc1ccc(Nc2ncccc2NC(=O)C2CCCCC2)cc1)N=C1CC(=O)C12CCCCC2. The Balaban J connectivity index is 1.26. The zero-order chi connectivity index (χ0) is 27.2. The number of esters is 1. The molecule has 3 fully saturated rings. The van der Waals surface area contributed by atoms with Gasteiger partial charge < -0.3 is 15.4 Å². The molecule has 39 heavy (non-hydrogen) atoms. The highest BCUT2D eigenvalue weighted by Crippen LogP contribution is 2.47. The highest BCUT2D eigenvalue weighted by molar-refractivity contribution is 6.27. The minimum atomic E-state index is -0.673. The van der Waals surface area contributed by atoms with Crippen molar-refractivity contribution in [2.75, 3.05) is 17.7 Å². The monoisotopic (exact) mass is 530 g/mol. The van der Waals surface area contributed by atoms with E-state index in [4.69, 9.17) is 9.73 Å². The van der Waals surface area contributed by atoms with Crippen molar-refractivity contribution in [3.8, 4) is 0 Å². The predicted octanol–water partition coefficient (Wildman–Crippen LogP) is 5.79. The molecule has 3 saturated carbocycles. The third-order valence-corrected chi connectivity index (χ3v) is 8.59. The number of methoxy groups -OCH3 is 1. The molecule has 8 heteroatoms. The van der Waals surface area contributed by atoms with Crippen molar-refractivity contribution in [2.24, 2.45) is 16.3 Å². The molecule has 1 atom stereocenters. The minimum absolute atomic E-state index is 0.0553. The topological polar surface area (TPSA) is 110 Å². The molecule has 1 aromatic carbocycles. The van der Waals surface area contributed by atoms with Gasteiger partial charge in [-0.3, -0.25) is 14.6 Å². The quantitative estimate of drug-likeness (QED) is 0.418. The van der Waals surface area contributed by atoms with E-state index in [0.717, 1.165) is 74.7 Å². The molecule has 0 radical (unpaired) electrons. The molecule has 1 spiro atoms. The lowest BCUT2D eigenvalue weighted by atomic mass is 9.58. The molecule has 3 aliphatic carbocycles. The van der Waals surface area contributed by atoms with Gasteiger partial charge in [-0.15, -0.1) is 0 Å². The summed E-state index contributed by atoms with van der Waals surface area (Å²) < 4.78 is 5.06. The Hall–Kier alpha value is -3.55. The van der Waals surface area contributed by atoms with Crippen molar-refractivity contribution in [1.82, 2.24) is 4.98 Å². The Morgan fingerprint density at radius 1 is 1.05 bits per heavy atom.